The Hall–Kier alpha value is -1.95. The highest BCUT2D eigenvalue weighted by molar-refractivity contribution is 5.78. The lowest BCUT2D eigenvalue weighted by molar-refractivity contribution is 0.0269. The van der Waals surface area contributed by atoms with Crippen LogP contribution in [-0.4, -0.2) is 49.9 Å². The number of hydrogen-bond donors (Lipinski definition) is 2. The minimum absolute atomic E-state index is 0.426. The molecule has 1 aromatic carbocycles. The van der Waals surface area contributed by atoms with Gasteiger partial charge in [-0.25, -0.2) is 4.99 Å². The third kappa shape index (κ3) is 5.51. The minimum atomic E-state index is -0.426. The van der Waals surface area contributed by atoms with Gasteiger partial charge in [-0.1, -0.05) is 38.2 Å². The number of aliphatic imine (C=N–C) groups is 1. The first kappa shape index (κ1) is 19.8. The molecule has 1 aromatic rings. The van der Waals surface area contributed by atoms with Crippen molar-refractivity contribution in [1.29, 1.82) is 0 Å². The summed E-state index contributed by atoms with van der Waals surface area (Å²) in [6, 6.07) is 8.09. The Morgan fingerprint density at radius 2 is 2.15 bits per heavy atom. The molecule has 1 aliphatic heterocycles. The predicted molar refractivity (Wildman–Crippen MR) is 110 cm³/mol. The van der Waals surface area contributed by atoms with Crippen molar-refractivity contribution in [2.24, 2.45) is 16.6 Å². The van der Waals surface area contributed by atoms with Gasteiger partial charge in [0, 0.05) is 25.3 Å². The van der Waals surface area contributed by atoms with Crippen molar-refractivity contribution in [1.82, 2.24) is 4.90 Å². The van der Waals surface area contributed by atoms with Crippen LogP contribution in [0.5, 0.6) is 5.75 Å². The summed E-state index contributed by atoms with van der Waals surface area (Å²) in [5.41, 5.74) is 6.86. The zero-order valence-electron chi connectivity index (χ0n) is 16.7. The zero-order chi connectivity index (χ0) is 19.1. The summed E-state index contributed by atoms with van der Waals surface area (Å²) in [6.45, 7) is 4.46. The van der Waals surface area contributed by atoms with E-state index in [9.17, 15) is 0 Å². The second-order valence-electron chi connectivity index (χ2n) is 7.92. The Morgan fingerprint density at radius 1 is 1.33 bits per heavy atom. The molecule has 0 spiro atoms. The van der Waals surface area contributed by atoms with Gasteiger partial charge in [0.25, 0.3) is 0 Å². The predicted octanol–water partition coefficient (Wildman–Crippen LogP) is 3.44. The molecule has 150 valence electrons. The summed E-state index contributed by atoms with van der Waals surface area (Å²) in [4.78, 5) is 6.77. The average Bonchev–Trinajstić information content (AvgIpc) is 2.81. The number of guanidine groups is 1. The Labute approximate surface area is 163 Å². The second-order valence-corrected chi connectivity index (χ2v) is 7.92. The molecule has 6 nitrogen and oxygen atoms in total. The van der Waals surface area contributed by atoms with E-state index in [0.717, 1.165) is 24.4 Å². The highest BCUT2D eigenvalue weighted by Crippen LogP contribution is 2.34. The van der Waals surface area contributed by atoms with Crippen LogP contribution in [-0.2, 0) is 4.74 Å². The number of nitrogens with zero attached hydrogens (tertiary/aromatic N) is 2. The normalized spacial score (nSPS) is 24.2. The maximum atomic E-state index is 6.22. The Kier molecular flexibility index (Phi) is 6.83. The van der Waals surface area contributed by atoms with Crippen LogP contribution in [0, 0.1) is 5.92 Å². The van der Waals surface area contributed by atoms with E-state index in [4.69, 9.17) is 20.2 Å². The van der Waals surface area contributed by atoms with Gasteiger partial charge < -0.3 is 25.4 Å². The molecule has 1 unspecified atom stereocenters. The van der Waals surface area contributed by atoms with Crippen molar-refractivity contribution in [3.63, 3.8) is 0 Å². The highest BCUT2D eigenvalue weighted by Gasteiger charge is 2.37. The lowest BCUT2D eigenvalue weighted by Gasteiger charge is -2.33. The summed E-state index contributed by atoms with van der Waals surface area (Å²) >= 11 is 0. The SMILES string of the molecule is CCNc1cccc(OCC2(CC3CCCCC3)COCN(C)C(N)=N2)c1. The van der Waals surface area contributed by atoms with Gasteiger partial charge in [0.1, 0.15) is 24.6 Å². The first-order valence-corrected chi connectivity index (χ1v) is 10.2. The molecule has 1 saturated carbocycles. The van der Waals surface area contributed by atoms with Gasteiger partial charge in [0.2, 0.25) is 0 Å². The molecule has 1 aliphatic carbocycles. The van der Waals surface area contributed by atoms with Gasteiger partial charge >= 0.3 is 0 Å². The van der Waals surface area contributed by atoms with Crippen molar-refractivity contribution in [2.45, 2.75) is 51.0 Å². The van der Waals surface area contributed by atoms with Gasteiger partial charge in [-0.3, -0.25) is 0 Å². The van der Waals surface area contributed by atoms with Crippen LogP contribution >= 0.6 is 0 Å². The standard InChI is InChI=1S/C21H34N4O2/c1-3-23-18-10-7-11-19(12-18)27-15-21(13-17-8-5-4-6-9-17)14-26-16-25(2)20(22)24-21/h7,10-12,17,23H,3-6,8-9,13-16H2,1-2H3,(H2,22,24). The second kappa shape index (κ2) is 9.31. The summed E-state index contributed by atoms with van der Waals surface area (Å²) < 4.78 is 12.1. The Bertz CT molecular complexity index is 630. The molecular weight excluding hydrogens is 340 g/mol. The zero-order valence-corrected chi connectivity index (χ0v) is 16.7. The molecule has 27 heavy (non-hydrogen) atoms. The van der Waals surface area contributed by atoms with E-state index in [2.05, 4.69) is 12.2 Å². The van der Waals surface area contributed by atoms with E-state index in [1.165, 1.54) is 32.1 Å². The smallest absolute Gasteiger partial charge is 0.193 e. The molecule has 0 amide bonds. The fourth-order valence-corrected chi connectivity index (χ4v) is 4.08. The van der Waals surface area contributed by atoms with E-state index >= 15 is 0 Å². The summed E-state index contributed by atoms with van der Waals surface area (Å²) in [7, 11) is 1.91. The lowest BCUT2D eigenvalue weighted by Crippen LogP contribution is -2.42. The monoisotopic (exact) mass is 374 g/mol. The number of nitrogens with two attached hydrogens (primary N) is 1. The fraction of sp³-hybridized carbons (Fsp3) is 0.667. The van der Waals surface area contributed by atoms with Gasteiger partial charge in [-0.05, 0) is 31.4 Å². The van der Waals surface area contributed by atoms with E-state index in [0.29, 0.717) is 31.8 Å². The topological polar surface area (TPSA) is 72.1 Å². The third-order valence-electron chi connectivity index (χ3n) is 5.51. The maximum Gasteiger partial charge on any atom is 0.193 e. The molecule has 0 aromatic heterocycles. The molecule has 1 heterocycles. The quantitative estimate of drug-likeness (QED) is 0.765. The molecule has 6 heteroatoms. The molecule has 0 bridgehead atoms. The number of ether oxygens (including phenoxy) is 2. The van der Waals surface area contributed by atoms with E-state index in [1.54, 1.807) is 0 Å². The minimum Gasteiger partial charge on any atom is -0.491 e. The van der Waals surface area contributed by atoms with Crippen molar-refractivity contribution in [2.75, 3.05) is 38.9 Å². The number of benzene rings is 1. The van der Waals surface area contributed by atoms with Gasteiger partial charge in [-0.2, -0.15) is 0 Å². The molecule has 0 saturated heterocycles. The molecule has 3 rings (SSSR count). The van der Waals surface area contributed by atoms with Crippen LogP contribution in [0.4, 0.5) is 5.69 Å². The summed E-state index contributed by atoms with van der Waals surface area (Å²) in [5, 5.41) is 3.33. The average molecular weight is 375 g/mol. The maximum absolute atomic E-state index is 6.22. The number of anilines is 1. The first-order valence-electron chi connectivity index (χ1n) is 10.2. The Balaban J connectivity index is 1.75. The summed E-state index contributed by atoms with van der Waals surface area (Å²) in [6.07, 6.45) is 7.47. The molecule has 2 aliphatic rings. The van der Waals surface area contributed by atoms with Crippen LogP contribution in [0.15, 0.2) is 29.3 Å². The molecule has 0 radical (unpaired) electrons. The van der Waals surface area contributed by atoms with Crippen LogP contribution in [0.2, 0.25) is 0 Å². The van der Waals surface area contributed by atoms with Crippen LogP contribution in [0.25, 0.3) is 0 Å². The fourth-order valence-electron chi connectivity index (χ4n) is 4.08. The van der Waals surface area contributed by atoms with Crippen molar-refractivity contribution >= 4 is 11.6 Å². The summed E-state index contributed by atoms with van der Waals surface area (Å²) in [5.74, 6) is 2.05. The van der Waals surface area contributed by atoms with Gasteiger partial charge in [-0.15, -0.1) is 0 Å². The first-order chi connectivity index (χ1) is 13.1. The van der Waals surface area contributed by atoms with Crippen molar-refractivity contribution < 1.29 is 9.47 Å². The largest absolute Gasteiger partial charge is 0.491 e. The lowest BCUT2D eigenvalue weighted by atomic mass is 9.80. The molecule has 1 atom stereocenters. The third-order valence-corrected chi connectivity index (χ3v) is 5.51. The number of hydrogen-bond acceptors (Lipinski definition) is 6. The highest BCUT2D eigenvalue weighted by atomic mass is 16.5. The van der Waals surface area contributed by atoms with Gasteiger partial charge in [0.15, 0.2) is 5.96 Å². The van der Waals surface area contributed by atoms with Crippen LogP contribution in [0.3, 0.4) is 0 Å². The Morgan fingerprint density at radius 3 is 2.93 bits per heavy atom. The van der Waals surface area contributed by atoms with Crippen molar-refractivity contribution in [3.8, 4) is 5.75 Å². The molecular formula is C21H34N4O2. The van der Waals surface area contributed by atoms with E-state index in [1.807, 2.05) is 36.2 Å². The van der Waals surface area contributed by atoms with Crippen LogP contribution in [0.1, 0.15) is 45.4 Å². The molecule has 3 N–H and O–H groups in total. The van der Waals surface area contributed by atoms with E-state index in [-0.39, 0.29) is 0 Å². The number of nitrogens with one attached hydrogen (secondary N) is 1. The molecule has 1 fully saturated rings. The van der Waals surface area contributed by atoms with E-state index < -0.39 is 5.54 Å². The van der Waals surface area contributed by atoms with Gasteiger partial charge in [0.05, 0.1) is 6.61 Å². The van der Waals surface area contributed by atoms with Crippen molar-refractivity contribution in [3.05, 3.63) is 24.3 Å². The van der Waals surface area contributed by atoms with Crippen LogP contribution < -0.4 is 15.8 Å². The number of rotatable bonds is 7.